The third kappa shape index (κ3) is 10.8. The van der Waals surface area contributed by atoms with E-state index in [2.05, 4.69) is 5.32 Å². The number of hydrogen-bond donors (Lipinski definition) is 1. The summed E-state index contributed by atoms with van der Waals surface area (Å²) in [7, 11) is 1.82. The molecule has 6 rings (SSSR count). The minimum absolute atomic E-state index is 0.179. The SMILES string of the molecule is CCOC(=O)c1cc(OCc2ccccc2)c(C(NC)c2cc(OCc3ccccc3)c(C(=O)OCC)cc2OCc2ccccc2)cc1OCc1ccccc1. The molecule has 0 saturated carbocycles. The topological polar surface area (TPSA) is 102 Å². The van der Waals surface area contributed by atoms with Gasteiger partial charge in [-0.25, -0.2) is 9.59 Å². The van der Waals surface area contributed by atoms with Gasteiger partial charge in [0.1, 0.15) is 60.6 Å². The van der Waals surface area contributed by atoms with Gasteiger partial charge in [0.15, 0.2) is 0 Å². The van der Waals surface area contributed by atoms with E-state index < -0.39 is 18.0 Å². The fourth-order valence-corrected chi connectivity index (χ4v) is 6.25. The lowest BCUT2D eigenvalue weighted by Gasteiger charge is -2.26. The summed E-state index contributed by atoms with van der Waals surface area (Å²) in [5.74, 6) is 0.386. The van der Waals surface area contributed by atoms with Crippen molar-refractivity contribution >= 4 is 11.9 Å². The molecule has 6 aromatic rings. The van der Waals surface area contributed by atoms with Gasteiger partial charge in [0, 0.05) is 11.1 Å². The van der Waals surface area contributed by atoms with E-state index in [1.165, 1.54) is 0 Å². The fourth-order valence-electron chi connectivity index (χ4n) is 6.25. The molecule has 0 unspecified atom stereocenters. The molecule has 0 bridgehead atoms. The van der Waals surface area contributed by atoms with Crippen LogP contribution in [0.4, 0.5) is 0 Å². The van der Waals surface area contributed by atoms with Crippen LogP contribution in [0, 0.1) is 0 Å². The maximum absolute atomic E-state index is 13.5. The zero-order valence-corrected chi connectivity index (χ0v) is 32.4. The molecule has 0 spiro atoms. The maximum atomic E-state index is 13.5. The highest BCUT2D eigenvalue weighted by molar-refractivity contribution is 5.94. The molecule has 292 valence electrons. The standard InChI is InChI=1S/C48H47NO8/c1-4-52-47(50)40-28-42(54-30-34-18-10-6-11-19-34)38(26-44(40)56-32-36-22-14-8-15-23-36)46(49-3)39-27-45(57-33-37-24-16-9-17-25-37)41(48(51)53-5-2)29-43(39)55-31-35-20-12-7-13-21-35/h6-29,46,49H,4-5,30-33H2,1-3H3. The molecule has 0 amide bonds. The Morgan fingerprint density at radius 1 is 0.456 bits per heavy atom. The summed E-state index contributed by atoms with van der Waals surface area (Å²) in [6.07, 6.45) is 0. The normalized spacial score (nSPS) is 10.8. The molecule has 0 aromatic heterocycles. The van der Waals surface area contributed by atoms with Crippen LogP contribution in [0.2, 0.25) is 0 Å². The summed E-state index contributed by atoms with van der Waals surface area (Å²) in [6, 6.07) is 45.3. The molecule has 0 heterocycles. The number of benzene rings is 6. The van der Waals surface area contributed by atoms with E-state index in [-0.39, 0.29) is 50.8 Å². The summed E-state index contributed by atoms with van der Waals surface area (Å²) in [4.78, 5) is 27.1. The van der Waals surface area contributed by atoms with Crippen molar-refractivity contribution in [3.05, 3.63) is 190 Å². The molecule has 0 saturated heterocycles. The third-order valence-electron chi connectivity index (χ3n) is 9.07. The zero-order valence-electron chi connectivity index (χ0n) is 32.4. The van der Waals surface area contributed by atoms with E-state index in [4.69, 9.17) is 28.4 Å². The average Bonchev–Trinajstić information content (AvgIpc) is 3.25. The first kappa shape index (κ1) is 40.1. The van der Waals surface area contributed by atoms with Crippen LogP contribution >= 0.6 is 0 Å². The predicted octanol–water partition coefficient (Wildman–Crippen LogP) is 9.66. The Kier molecular flexibility index (Phi) is 14.3. The Morgan fingerprint density at radius 3 is 1.04 bits per heavy atom. The van der Waals surface area contributed by atoms with Crippen LogP contribution < -0.4 is 24.3 Å². The second-order valence-corrected chi connectivity index (χ2v) is 13.0. The highest BCUT2D eigenvalue weighted by atomic mass is 16.5. The summed E-state index contributed by atoms with van der Waals surface area (Å²) >= 11 is 0. The van der Waals surface area contributed by atoms with Crippen molar-refractivity contribution in [2.75, 3.05) is 20.3 Å². The van der Waals surface area contributed by atoms with Gasteiger partial charge in [-0.1, -0.05) is 121 Å². The van der Waals surface area contributed by atoms with Crippen molar-refractivity contribution in [3.8, 4) is 23.0 Å². The van der Waals surface area contributed by atoms with E-state index in [0.29, 0.717) is 34.1 Å². The molecule has 1 N–H and O–H groups in total. The van der Waals surface area contributed by atoms with E-state index in [1.807, 2.05) is 128 Å². The molecule has 0 aliphatic heterocycles. The van der Waals surface area contributed by atoms with Gasteiger partial charge in [0.2, 0.25) is 0 Å². The fraction of sp³-hybridized carbons (Fsp3) is 0.208. The minimum atomic E-state index is -0.632. The smallest absolute Gasteiger partial charge is 0.342 e. The highest BCUT2D eigenvalue weighted by Gasteiger charge is 2.29. The van der Waals surface area contributed by atoms with Crippen LogP contribution in [0.1, 0.15) is 74.0 Å². The van der Waals surface area contributed by atoms with Crippen LogP contribution in [0.15, 0.2) is 146 Å². The number of ether oxygens (including phenoxy) is 6. The first-order chi connectivity index (χ1) is 28.0. The number of hydrogen-bond acceptors (Lipinski definition) is 9. The first-order valence-corrected chi connectivity index (χ1v) is 19.0. The predicted molar refractivity (Wildman–Crippen MR) is 219 cm³/mol. The molecule has 0 aliphatic carbocycles. The lowest BCUT2D eigenvalue weighted by Crippen LogP contribution is -2.21. The van der Waals surface area contributed by atoms with Crippen molar-refractivity contribution < 1.29 is 38.0 Å². The number of nitrogens with one attached hydrogen (secondary N) is 1. The van der Waals surface area contributed by atoms with Gasteiger partial charge in [-0.05, 0) is 67.4 Å². The molecular weight excluding hydrogens is 719 g/mol. The van der Waals surface area contributed by atoms with E-state index in [9.17, 15) is 9.59 Å². The van der Waals surface area contributed by atoms with Gasteiger partial charge in [-0.2, -0.15) is 0 Å². The quantitative estimate of drug-likeness (QED) is 0.0808. The Morgan fingerprint density at radius 2 is 0.754 bits per heavy atom. The Labute approximate surface area is 334 Å². The second kappa shape index (κ2) is 20.4. The molecule has 6 aromatic carbocycles. The molecular formula is C48H47NO8. The highest BCUT2D eigenvalue weighted by Crippen LogP contribution is 2.42. The van der Waals surface area contributed by atoms with Crippen LogP contribution in [-0.4, -0.2) is 32.2 Å². The van der Waals surface area contributed by atoms with Crippen LogP contribution in [0.3, 0.4) is 0 Å². The second-order valence-electron chi connectivity index (χ2n) is 13.0. The Bertz CT molecular complexity index is 2040. The molecule has 9 heteroatoms. The summed E-state index contributed by atoms with van der Waals surface area (Å²) in [6.45, 7) is 4.74. The van der Waals surface area contributed by atoms with E-state index >= 15 is 0 Å². The monoisotopic (exact) mass is 765 g/mol. The summed E-state index contributed by atoms with van der Waals surface area (Å²) in [5.41, 5.74) is 5.46. The van der Waals surface area contributed by atoms with Crippen molar-refractivity contribution in [2.45, 2.75) is 46.3 Å². The maximum Gasteiger partial charge on any atom is 0.342 e. The Hall–Kier alpha value is -6.58. The lowest BCUT2D eigenvalue weighted by atomic mass is 9.93. The molecule has 57 heavy (non-hydrogen) atoms. The van der Waals surface area contributed by atoms with E-state index in [0.717, 1.165) is 22.3 Å². The minimum Gasteiger partial charge on any atom is -0.489 e. The van der Waals surface area contributed by atoms with Crippen molar-refractivity contribution in [1.29, 1.82) is 0 Å². The summed E-state index contributed by atoms with van der Waals surface area (Å²) in [5, 5.41) is 3.46. The lowest BCUT2D eigenvalue weighted by molar-refractivity contribution is 0.0510. The van der Waals surface area contributed by atoms with Crippen molar-refractivity contribution in [3.63, 3.8) is 0 Å². The van der Waals surface area contributed by atoms with Gasteiger partial charge < -0.3 is 33.7 Å². The largest absolute Gasteiger partial charge is 0.489 e. The van der Waals surface area contributed by atoms with Gasteiger partial charge >= 0.3 is 11.9 Å². The number of rotatable bonds is 19. The molecule has 0 atom stereocenters. The van der Waals surface area contributed by atoms with Crippen molar-refractivity contribution in [2.24, 2.45) is 0 Å². The number of carbonyl (C=O) groups is 2. The van der Waals surface area contributed by atoms with Gasteiger partial charge in [0.25, 0.3) is 0 Å². The Balaban J connectivity index is 1.51. The number of esters is 2. The van der Waals surface area contributed by atoms with Gasteiger partial charge in [0.05, 0.1) is 19.3 Å². The van der Waals surface area contributed by atoms with Gasteiger partial charge in [-0.3, -0.25) is 0 Å². The van der Waals surface area contributed by atoms with Crippen molar-refractivity contribution in [1.82, 2.24) is 5.32 Å². The van der Waals surface area contributed by atoms with Gasteiger partial charge in [-0.15, -0.1) is 0 Å². The molecule has 0 fully saturated rings. The molecule has 0 aliphatic rings. The molecule has 0 radical (unpaired) electrons. The van der Waals surface area contributed by atoms with Crippen LogP contribution in [0.25, 0.3) is 0 Å². The average molecular weight is 766 g/mol. The van der Waals surface area contributed by atoms with E-state index in [1.54, 1.807) is 38.1 Å². The molecule has 9 nitrogen and oxygen atoms in total. The van der Waals surface area contributed by atoms with Crippen LogP contribution in [-0.2, 0) is 35.9 Å². The summed E-state index contributed by atoms with van der Waals surface area (Å²) < 4.78 is 36.9. The third-order valence-corrected chi connectivity index (χ3v) is 9.07. The first-order valence-electron chi connectivity index (χ1n) is 19.0. The van der Waals surface area contributed by atoms with Crippen LogP contribution in [0.5, 0.6) is 23.0 Å². The number of carbonyl (C=O) groups excluding carboxylic acids is 2. The zero-order chi connectivity index (χ0) is 39.8.